The van der Waals surface area contributed by atoms with E-state index in [9.17, 15) is 0 Å². The Bertz CT molecular complexity index is 389. The molecule has 2 rings (SSSR count). The third-order valence-electron chi connectivity index (χ3n) is 4.55. The minimum Gasteiger partial charge on any atom is -0.310 e. The lowest BCUT2D eigenvalue weighted by molar-refractivity contribution is 0.210. The van der Waals surface area contributed by atoms with Crippen LogP contribution in [0.25, 0.3) is 0 Å². The van der Waals surface area contributed by atoms with Gasteiger partial charge in [-0.1, -0.05) is 39.2 Å². The van der Waals surface area contributed by atoms with E-state index in [0.29, 0.717) is 6.04 Å². The number of nitrogens with zero attached hydrogens (tertiary/aromatic N) is 1. The number of hydrogen-bond acceptors (Lipinski definition) is 2. The van der Waals surface area contributed by atoms with Gasteiger partial charge in [-0.25, -0.2) is 0 Å². The molecule has 106 valence electrons. The van der Waals surface area contributed by atoms with Gasteiger partial charge >= 0.3 is 0 Å². The third-order valence-corrected chi connectivity index (χ3v) is 4.55. The second-order valence-corrected chi connectivity index (χ2v) is 6.03. The van der Waals surface area contributed by atoms with E-state index in [4.69, 9.17) is 0 Å². The maximum Gasteiger partial charge on any atom is 0.0364 e. The first-order chi connectivity index (χ1) is 9.24. The molecule has 0 aromatic carbocycles. The van der Waals surface area contributed by atoms with E-state index in [1.807, 2.05) is 6.20 Å². The van der Waals surface area contributed by atoms with Crippen LogP contribution in [0.2, 0.25) is 0 Å². The summed E-state index contributed by atoms with van der Waals surface area (Å²) in [6.45, 7) is 7.71. The molecule has 1 aliphatic carbocycles. The van der Waals surface area contributed by atoms with Crippen LogP contribution in [0, 0.1) is 18.8 Å². The summed E-state index contributed by atoms with van der Waals surface area (Å²) in [7, 11) is 0. The zero-order valence-corrected chi connectivity index (χ0v) is 12.7. The van der Waals surface area contributed by atoms with Crippen molar-refractivity contribution in [3.63, 3.8) is 0 Å². The first kappa shape index (κ1) is 14.5. The van der Waals surface area contributed by atoms with E-state index in [2.05, 4.69) is 43.3 Å². The number of pyridine rings is 1. The van der Waals surface area contributed by atoms with Crippen LogP contribution in [0.15, 0.2) is 18.5 Å². The van der Waals surface area contributed by atoms with Crippen LogP contribution in [0.3, 0.4) is 0 Å². The molecule has 0 aliphatic heterocycles. The molecule has 1 N–H and O–H groups in total. The Kier molecular flexibility index (Phi) is 5.38. The van der Waals surface area contributed by atoms with Gasteiger partial charge in [-0.3, -0.25) is 4.98 Å². The Morgan fingerprint density at radius 3 is 2.84 bits per heavy atom. The van der Waals surface area contributed by atoms with Crippen molar-refractivity contribution in [2.75, 3.05) is 6.54 Å². The smallest absolute Gasteiger partial charge is 0.0364 e. The molecule has 1 heterocycles. The van der Waals surface area contributed by atoms with Gasteiger partial charge in [-0.15, -0.1) is 0 Å². The van der Waals surface area contributed by atoms with Gasteiger partial charge in [0, 0.05) is 18.4 Å². The maximum absolute atomic E-state index is 4.38. The molecule has 0 spiro atoms. The van der Waals surface area contributed by atoms with Crippen molar-refractivity contribution in [1.82, 2.24) is 10.3 Å². The van der Waals surface area contributed by atoms with Crippen LogP contribution < -0.4 is 5.32 Å². The lowest BCUT2D eigenvalue weighted by Gasteiger charge is -2.35. The van der Waals surface area contributed by atoms with E-state index >= 15 is 0 Å². The lowest BCUT2D eigenvalue weighted by atomic mass is 9.75. The average molecular weight is 260 g/mol. The fraction of sp³-hybridized carbons (Fsp3) is 0.706. The van der Waals surface area contributed by atoms with Gasteiger partial charge in [0.05, 0.1) is 0 Å². The number of nitrogens with one attached hydrogen (secondary N) is 1. The molecule has 0 amide bonds. The van der Waals surface area contributed by atoms with E-state index in [1.54, 1.807) is 0 Å². The quantitative estimate of drug-likeness (QED) is 0.855. The zero-order chi connectivity index (χ0) is 13.7. The first-order valence-electron chi connectivity index (χ1n) is 7.89. The van der Waals surface area contributed by atoms with Crippen molar-refractivity contribution in [1.29, 1.82) is 0 Å². The Labute approximate surface area is 118 Å². The predicted molar refractivity (Wildman–Crippen MR) is 81.1 cm³/mol. The van der Waals surface area contributed by atoms with Crippen molar-refractivity contribution < 1.29 is 0 Å². The SMILES string of the molecule is CCNC(c1cncc(C)c1)C1CCCC(CC)C1. The fourth-order valence-corrected chi connectivity index (χ4v) is 3.53. The summed E-state index contributed by atoms with van der Waals surface area (Å²) in [6.07, 6.45) is 10.9. The highest BCUT2D eigenvalue weighted by molar-refractivity contribution is 5.21. The average Bonchev–Trinajstić information content (AvgIpc) is 2.45. The van der Waals surface area contributed by atoms with Crippen LogP contribution in [-0.2, 0) is 0 Å². The molecule has 1 aromatic rings. The second kappa shape index (κ2) is 7.04. The summed E-state index contributed by atoms with van der Waals surface area (Å²) in [5.41, 5.74) is 2.65. The van der Waals surface area contributed by atoms with E-state index in [0.717, 1.165) is 18.4 Å². The standard InChI is InChI=1S/C17H28N2/c1-4-14-7-6-8-15(10-14)17(19-5-2)16-9-13(3)11-18-12-16/h9,11-12,14-15,17,19H,4-8,10H2,1-3H3. The molecule has 2 heteroatoms. The zero-order valence-electron chi connectivity index (χ0n) is 12.7. The first-order valence-corrected chi connectivity index (χ1v) is 7.89. The molecular weight excluding hydrogens is 232 g/mol. The van der Waals surface area contributed by atoms with Gasteiger partial charge < -0.3 is 5.32 Å². The maximum atomic E-state index is 4.38. The van der Waals surface area contributed by atoms with Crippen molar-refractivity contribution in [3.8, 4) is 0 Å². The molecule has 3 unspecified atom stereocenters. The molecule has 1 aliphatic rings. The van der Waals surface area contributed by atoms with Gasteiger partial charge in [0.2, 0.25) is 0 Å². The largest absolute Gasteiger partial charge is 0.310 e. The summed E-state index contributed by atoms with van der Waals surface area (Å²) in [5.74, 6) is 1.71. The van der Waals surface area contributed by atoms with Gasteiger partial charge in [-0.2, -0.15) is 0 Å². The topological polar surface area (TPSA) is 24.9 Å². The molecule has 1 saturated carbocycles. The second-order valence-electron chi connectivity index (χ2n) is 6.03. The van der Waals surface area contributed by atoms with E-state index in [1.165, 1.54) is 43.2 Å². The molecular formula is C17H28N2. The van der Waals surface area contributed by atoms with Crippen LogP contribution in [0.1, 0.15) is 63.1 Å². The highest BCUT2D eigenvalue weighted by Crippen LogP contribution is 2.38. The molecule has 0 radical (unpaired) electrons. The van der Waals surface area contributed by atoms with Crippen LogP contribution in [0.5, 0.6) is 0 Å². The molecule has 19 heavy (non-hydrogen) atoms. The monoisotopic (exact) mass is 260 g/mol. The minimum atomic E-state index is 0.492. The summed E-state index contributed by atoms with van der Waals surface area (Å²) in [6, 6.07) is 2.79. The summed E-state index contributed by atoms with van der Waals surface area (Å²) >= 11 is 0. The normalized spacial score (nSPS) is 25.2. The molecule has 0 bridgehead atoms. The predicted octanol–water partition coefficient (Wildman–Crippen LogP) is 4.26. The third kappa shape index (κ3) is 3.79. The Morgan fingerprint density at radius 1 is 1.32 bits per heavy atom. The summed E-state index contributed by atoms with van der Waals surface area (Å²) in [4.78, 5) is 4.38. The summed E-state index contributed by atoms with van der Waals surface area (Å²) in [5, 5.41) is 3.70. The fourth-order valence-electron chi connectivity index (χ4n) is 3.53. The number of hydrogen-bond donors (Lipinski definition) is 1. The Balaban J connectivity index is 2.15. The van der Waals surface area contributed by atoms with Crippen LogP contribution in [-0.4, -0.2) is 11.5 Å². The van der Waals surface area contributed by atoms with Crippen molar-refractivity contribution in [2.24, 2.45) is 11.8 Å². The molecule has 3 atom stereocenters. The molecule has 2 nitrogen and oxygen atoms in total. The number of aromatic nitrogens is 1. The number of aryl methyl sites for hydroxylation is 1. The molecule has 1 fully saturated rings. The highest BCUT2D eigenvalue weighted by atomic mass is 14.9. The minimum absolute atomic E-state index is 0.492. The highest BCUT2D eigenvalue weighted by Gasteiger charge is 2.28. The Hall–Kier alpha value is -0.890. The van der Waals surface area contributed by atoms with Crippen molar-refractivity contribution >= 4 is 0 Å². The molecule has 0 saturated heterocycles. The lowest BCUT2D eigenvalue weighted by Crippen LogP contribution is -2.31. The van der Waals surface area contributed by atoms with Gasteiger partial charge in [0.15, 0.2) is 0 Å². The molecule has 1 aromatic heterocycles. The van der Waals surface area contributed by atoms with E-state index in [-0.39, 0.29) is 0 Å². The van der Waals surface area contributed by atoms with Crippen LogP contribution >= 0.6 is 0 Å². The van der Waals surface area contributed by atoms with Crippen LogP contribution in [0.4, 0.5) is 0 Å². The van der Waals surface area contributed by atoms with Crippen molar-refractivity contribution in [2.45, 2.75) is 58.9 Å². The Morgan fingerprint density at radius 2 is 2.16 bits per heavy atom. The summed E-state index contributed by atoms with van der Waals surface area (Å²) < 4.78 is 0. The number of rotatable bonds is 5. The van der Waals surface area contributed by atoms with Gasteiger partial charge in [-0.05, 0) is 49.3 Å². The van der Waals surface area contributed by atoms with Gasteiger partial charge in [0.1, 0.15) is 0 Å². The van der Waals surface area contributed by atoms with E-state index < -0.39 is 0 Å². The van der Waals surface area contributed by atoms with Crippen molar-refractivity contribution in [3.05, 3.63) is 29.6 Å². The van der Waals surface area contributed by atoms with Gasteiger partial charge in [0.25, 0.3) is 0 Å².